The van der Waals surface area contributed by atoms with Crippen molar-refractivity contribution in [3.8, 4) is 0 Å². The average molecular weight is 669 g/mol. The molecule has 10 nitrogen and oxygen atoms in total. The second-order valence-corrected chi connectivity index (χ2v) is 14.6. The van der Waals surface area contributed by atoms with Crippen molar-refractivity contribution in [3.05, 3.63) is 70.3 Å². The van der Waals surface area contributed by atoms with Crippen molar-refractivity contribution >= 4 is 11.7 Å². The van der Waals surface area contributed by atoms with Gasteiger partial charge in [0.15, 0.2) is 5.60 Å². The molecule has 266 valence electrons. The fraction of sp³-hybridized carbons (Fsp3) is 0.632. The Morgan fingerprint density at radius 1 is 1.00 bits per heavy atom. The van der Waals surface area contributed by atoms with Gasteiger partial charge in [0.05, 0.1) is 17.6 Å². The van der Waals surface area contributed by atoms with Crippen molar-refractivity contribution in [2.24, 2.45) is 5.41 Å². The molecule has 2 aromatic rings. The number of amides is 1. The number of likely N-dealkylation sites (N-methyl/N-ethyl adjacent to an activating group) is 1. The SMILES string of the molecule is CCC(CC)(CC(=O)CCCc1ccc(Cc2cc([C@]34OC[C@](C(C)(C)O)(O3)[C@@H](O)[C@H](O)[C@H]4O)ccc2C)cc1)C(=O)NCCN(C)C. The highest BCUT2D eigenvalue weighted by Crippen LogP contribution is 2.53. The van der Waals surface area contributed by atoms with Crippen LogP contribution in [0.25, 0.3) is 0 Å². The maximum Gasteiger partial charge on any atom is 0.226 e. The number of hydrogen-bond donors (Lipinski definition) is 5. The van der Waals surface area contributed by atoms with Gasteiger partial charge < -0.3 is 40.1 Å². The summed E-state index contributed by atoms with van der Waals surface area (Å²) < 4.78 is 12.3. The average Bonchev–Trinajstić information content (AvgIpc) is 3.44. The van der Waals surface area contributed by atoms with E-state index in [1.807, 2.05) is 51.9 Å². The number of ether oxygens (including phenoxy) is 2. The van der Waals surface area contributed by atoms with Crippen LogP contribution in [-0.4, -0.2) is 100 Å². The number of hydrogen-bond acceptors (Lipinski definition) is 9. The molecule has 1 amide bonds. The molecule has 2 aliphatic rings. The van der Waals surface area contributed by atoms with Gasteiger partial charge >= 0.3 is 0 Å². The molecule has 0 unspecified atom stereocenters. The van der Waals surface area contributed by atoms with Crippen LogP contribution in [0.4, 0.5) is 0 Å². The molecule has 4 rings (SSSR count). The Morgan fingerprint density at radius 3 is 2.25 bits per heavy atom. The number of carbonyl (C=O) groups is 2. The second kappa shape index (κ2) is 15.0. The van der Waals surface area contributed by atoms with Gasteiger partial charge in [-0.3, -0.25) is 9.59 Å². The van der Waals surface area contributed by atoms with Gasteiger partial charge in [0.1, 0.15) is 24.1 Å². The molecule has 5 atom stereocenters. The molecule has 10 heteroatoms. The summed E-state index contributed by atoms with van der Waals surface area (Å²) in [7, 11) is 3.93. The molecule has 0 aliphatic carbocycles. The first-order chi connectivity index (χ1) is 22.5. The zero-order valence-corrected chi connectivity index (χ0v) is 29.7. The fourth-order valence-corrected chi connectivity index (χ4v) is 7.04. The molecule has 2 aromatic carbocycles. The Balaban J connectivity index is 1.38. The lowest BCUT2D eigenvalue weighted by Crippen LogP contribution is -2.70. The summed E-state index contributed by atoms with van der Waals surface area (Å²) in [5.74, 6) is -1.66. The number of ketones is 1. The number of rotatable bonds is 16. The summed E-state index contributed by atoms with van der Waals surface area (Å²) in [5.41, 5.74) is 0.854. The minimum absolute atomic E-state index is 0.0319. The number of fused-ring (bicyclic) bond motifs is 2. The molecule has 2 heterocycles. The van der Waals surface area contributed by atoms with Crippen molar-refractivity contribution < 1.29 is 39.5 Å². The Hall–Kier alpha value is -2.70. The van der Waals surface area contributed by atoms with Gasteiger partial charge in [-0.1, -0.05) is 50.2 Å². The molecule has 0 radical (unpaired) electrons. The van der Waals surface area contributed by atoms with E-state index in [0.717, 1.165) is 35.2 Å². The third-order valence-corrected chi connectivity index (χ3v) is 10.7. The highest BCUT2D eigenvalue weighted by atomic mass is 16.8. The van der Waals surface area contributed by atoms with Gasteiger partial charge in [0.2, 0.25) is 11.7 Å². The monoisotopic (exact) mass is 668 g/mol. The van der Waals surface area contributed by atoms with E-state index >= 15 is 0 Å². The van der Waals surface area contributed by atoms with E-state index in [0.29, 0.717) is 44.2 Å². The predicted octanol–water partition coefficient (Wildman–Crippen LogP) is 3.16. The standard InChI is InChI=1S/C38H56N2O8/c1-8-36(9-2,34(45)39-19-20-40(6)7)23-30(41)12-10-11-26-14-16-27(17-15-26)21-28-22-29(18-13-25(28)3)38-33(44)31(42)32(43)37(48-38,24-47-38)35(4,5)46/h13-18,22,31-33,42-44,46H,8-12,19-21,23-24H2,1-7H3,(H,39,45)/t31-,32-,33+,37-,38-/m0/s1. The quantitative estimate of drug-likeness (QED) is 0.182. The van der Waals surface area contributed by atoms with Gasteiger partial charge in [-0.05, 0) is 95.3 Å². The van der Waals surface area contributed by atoms with E-state index in [9.17, 15) is 30.0 Å². The van der Waals surface area contributed by atoms with Gasteiger partial charge in [-0.25, -0.2) is 0 Å². The summed E-state index contributed by atoms with van der Waals surface area (Å²) in [6.45, 7) is 10.0. The highest BCUT2D eigenvalue weighted by molar-refractivity contribution is 5.89. The first kappa shape index (κ1) is 38.1. The van der Waals surface area contributed by atoms with E-state index in [1.54, 1.807) is 6.07 Å². The van der Waals surface area contributed by atoms with Crippen molar-refractivity contribution in [2.45, 2.75) is 115 Å². The van der Waals surface area contributed by atoms with Crippen LogP contribution < -0.4 is 5.32 Å². The third kappa shape index (κ3) is 7.55. The van der Waals surface area contributed by atoms with Gasteiger partial charge in [0, 0.05) is 31.5 Å². The van der Waals surface area contributed by atoms with Crippen LogP contribution in [0.15, 0.2) is 42.5 Å². The first-order valence-corrected chi connectivity index (χ1v) is 17.3. The molecular formula is C38H56N2O8. The van der Waals surface area contributed by atoms with E-state index in [1.165, 1.54) is 13.8 Å². The molecule has 0 saturated carbocycles. The van der Waals surface area contributed by atoms with Crippen LogP contribution in [-0.2, 0) is 37.7 Å². The number of carbonyl (C=O) groups excluding carboxylic acids is 2. The van der Waals surface area contributed by atoms with Crippen molar-refractivity contribution in [1.29, 1.82) is 0 Å². The topological polar surface area (TPSA) is 149 Å². The van der Waals surface area contributed by atoms with E-state index in [-0.39, 0.29) is 24.7 Å². The van der Waals surface area contributed by atoms with Gasteiger partial charge in [0.25, 0.3) is 0 Å². The van der Waals surface area contributed by atoms with Gasteiger partial charge in [-0.15, -0.1) is 0 Å². The molecule has 0 spiro atoms. The second-order valence-electron chi connectivity index (χ2n) is 14.6. The molecular weight excluding hydrogens is 612 g/mol. The number of aryl methyl sites for hydroxylation is 2. The number of Topliss-reactive ketones (excluding diaryl/α,β-unsaturated/α-hetero) is 1. The number of aliphatic hydroxyl groups is 4. The first-order valence-electron chi connectivity index (χ1n) is 17.3. The summed E-state index contributed by atoms with van der Waals surface area (Å²) in [5, 5.41) is 46.6. The van der Waals surface area contributed by atoms with Crippen molar-refractivity contribution in [3.63, 3.8) is 0 Å². The molecule has 5 N–H and O–H groups in total. The van der Waals surface area contributed by atoms with E-state index in [2.05, 4.69) is 29.6 Å². The maximum atomic E-state index is 13.0. The number of nitrogens with one attached hydrogen (secondary N) is 1. The fourth-order valence-electron chi connectivity index (χ4n) is 7.04. The number of aliphatic hydroxyl groups excluding tert-OH is 3. The molecule has 2 saturated heterocycles. The molecule has 48 heavy (non-hydrogen) atoms. The van der Waals surface area contributed by atoms with Crippen LogP contribution in [0, 0.1) is 12.3 Å². The molecule has 0 aromatic heterocycles. The van der Waals surface area contributed by atoms with Crippen LogP contribution in [0.2, 0.25) is 0 Å². The molecule has 2 aliphatic heterocycles. The molecule has 2 bridgehead atoms. The lowest BCUT2D eigenvalue weighted by Gasteiger charge is -2.50. The predicted molar refractivity (Wildman–Crippen MR) is 183 cm³/mol. The summed E-state index contributed by atoms with van der Waals surface area (Å²) in [4.78, 5) is 28.0. The summed E-state index contributed by atoms with van der Waals surface area (Å²) in [6, 6.07) is 13.8. The largest absolute Gasteiger partial charge is 0.387 e. The highest BCUT2D eigenvalue weighted by Gasteiger charge is 2.71. The zero-order chi connectivity index (χ0) is 35.5. The third-order valence-electron chi connectivity index (χ3n) is 10.7. The van der Waals surface area contributed by atoms with Crippen molar-refractivity contribution in [2.75, 3.05) is 33.8 Å². The smallest absolute Gasteiger partial charge is 0.226 e. The summed E-state index contributed by atoms with van der Waals surface area (Å²) in [6.07, 6.45) is -0.695. The zero-order valence-electron chi connectivity index (χ0n) is 29.7. The Kier molecular flexibility index (Phi) is 11.9. The Labute approximate surface area is 285 Å². The van der Waals surface area contributed by atoms with Crippen LogP contribution in [0.1, 0.15) is 87.6 Å². The van der Waals surface area contributed by atoms with Crippen LogP contribution >= 0.6 is 0 Å². The molecule has 2 fully saturated rings. The van der Waals surface area contributed by atoms with Crippen LogP contribution in [0.3, 0.4) is 0 Å². The Bertz CT molecular complexity index is 1420. The Morgan fingerprint density at radius 2 is 1.65 bits per heavy atom. The summed E-state index contributed by atoms with van der Waals surface area (Å²) >= 11 is 0. The van der Waals surface area contributed by atoms with Crippen molar-refractivity contribution in [1.82, 2.24) is 10.2 Å². The minimum Gasteiger partial charge on any atom is -0.387 e. The minimum atomic E-state index is -1.74. The normalized spacial score (nSPS) is 25.8. The lowest BCUT2D eigenvalue weighted by molar-refractivity contribution is -0.348. The van der Waals surface area contributed by atoms with Gasteiger partial charge in [-0.2, -0.15) is 0 Å². The van der Waals surface area contributed by atoms with E-state index < -0.39 is 40.7 Å². The lowest BCUT2D eigenvalue weighted by atomic mass is 9.75. The van der Waals surface area contributed by atoms with Crippen LogP contribution in [0.5, 0.6) is 0 Å². The number of benzene rings is 2. The van der Waals surface area contributed by atoms with E-state index in [4.69, 9.17) is 9.47 Å². The number of nitrogens with zero attached hydrogens (tertiary/aromatic N) is 1. The maximum absolute atomic E-state index is 13.0.